The molecule has 0 unspecified atom stereocenters. The summed E-state index contributed by atoms with van der Waals surface area (Å²) in [6.45, 7) is 5.22. The van der Waals surface area contributed by atoms with Crippen LogP contribution in [0.2, 0.25) is 0 Å². The molecule has 0 amide bonds. The Balaban J connectivity index is 1.75. The summed E-state index contributed by atoms with van der Waals surface area (Å²) in [6.07, 6.45) is 4.14. The first-order chi connectivity index (χ1) is 10.1. The summed E-state index contributed by atoms with van der Waals surface area (Å²) in [4.78, 5) is 2.69. The zero-order chi connectivity index (χ0) is 15.0. The largest absolute Gasteiger partial charge is 0.390 e. The van der Waals surface area contributed by atoms with Gasteiger partial charge in [0.1, 0.15) is 4.90 Å². The van der Waals surface area contributed by atoms with E-state index < -0.39 is 10.0 Å². The molecule has 0 bridgehead atoms. The maximum Gasteiger partial charge on any atom is 0.244 e. The Kier molecular flexibility index (Phi) is 4.09. The van der Waals surface area contributed by atoms with E-state index in [0.29, 0.717) is 36.3 Å². The van der Waals surface area contributed by atoms with Crippen LogP contribution in [0.4, 0.5) is 0 Å². The Hall–Kier alpha value is -0.890. The lowest BCUT2D eigenvalue weighted by Gasteiger charge is -2.33. The first-order valence-electron chi connectivity index (χ1n) is 7.60. The number of aromatic nitrogens is 1. The normalized spacial score (nSPS) is 21.8. The number of hydrogen-bond donors (Lipinski definition) is 1. The lowest BCUT2D eigenvalue weighted by Crippen LogP contribution is -2.49. The minimum Gasteiger partial charge on any atom is -0.390 e. The van der Waals surface area contributed by atoms with Crippen LogP contribution in [0.5, 0.6) is 0 Å². The molecule has 0 atom stereocenters. The summed E-state index contributed by atoms with van der Waals surface area (Å²) in [5.41, 5.74) is 0.646. The number of aryl methyl sites for hydroxylation is 1. The van der Waals surface area contributed by atoms with Gasteiger partial charge in [0.2, 0.25) is 10.0 Å². The molecule has 3 rings (SSSR count). The van der Waals surface area contributed by atoms with Gasteiger partial charge in [-0.15, -0.1) is 0 Å². The molecular formula is C14H23N3O3S. The summed E-state index contributed by atoms with van der Waals surface area (Å²) < 4.78 is 28.7. The fourth-order valence-electron chi connectivity index (χ4n) is 2.99. The lowest BCUT2D eigenvalue weighted by molar-refractivity contribution is 0.180. The van der Waals surface area contributed by atoms with Crippen molar-refractivity contribution in [3.63, 3.8) is 0 Å². The van der Waals surface area contributed by atoms with E-state index in [1.807, 2.05) is 6.92 Å². The third kappa shape index (κ3) is 2.88. The molecule has 0 spiro atoms. The molecule has 6 nitrogen and oxygen atoms in total. The Bertz CT molecular complexity index is 577. The topological polar surface area (TPSA) is 65.8 Å². The predicted octanol–water partition coefficient (Wildman–Crippen LogP) is 0.469. The van der Waals surface area contributed by atoms with E-state index in [1.165, 1.54) is 12.8 Å². The van der Waals surface area contributed by atoms with Crippen molar-refractivity contribution in [1.29, 1.82) is 0 Å². The van der Waals surface area contributed by atoms with E-state index in [-0.39, 0.29) is 6.61 Å². The number of sulfonamides is 1. The van der Waals surface area contributed by atoms with Gasteiger partial charge in [0.15, 0.2) is 0 Å². The van der Waals surface area contributed by atoms with Crippen LogP contribution >= 0.6 is 0 Å². The van der Waals surface area contributed by atoms with Crippen LogP contribution in [0.25, 0.3) is 0 Å². The van der Waals surface area contributed by atoms with E-state index in [4.69, 9.17) is 0 Å². The molecule has 1 saturated heterocycles. The third-order valence-electron chi connectivity index (χ3n) is 4.44. The molecule has 118 valence electrons. The fraction of sp³-hybridized carbons (Fsp3) is 0.714. The number of rotatable bonds is 5. The highest BCUT2D eigenvalue weighted by atomic mass is 32.2. The fourth-order valence-corrected chi connectivity index (χ4v) is 4.48. The second-order valence-corrected chi connectivity index (χ2v) is 7.72. The van der Waals surface area contributed by atoms with Crippen LogP contribution in [0.1, 0.15) is 25.5 Å². The van der Waals surface area contributed by atoms with Crippen molar-refractivity contribution < 1.29 is 13.5 Å². The summed E-state index contributed by atoms with van der Waals surface area (Å²) in [5, 5.41) is 9.31. The van der Waals surface area contributed by atoms with E-state index in [9.17, 15) is 13.5 Å². The van der Waals surface area contributed by atoms with Crippen LogP contribution in [0.3, 0.4) is 0 Å². The number of aliphatic hydroxyl groups excluding tert-OH is 1. The van der Waals surface area contributed by atoms with Gasteiger partial charge in [-0.3, -0.25) is 4.90 Å². The van der Waals surface area contributed by atoms with Gasteiger partial charge in [-0.25, -0.2) is 8.42 Å². The van der Waals surface area contributed by atoms with Gasteiger partial charge in [-0.05, 0) is 25.8 Å². The van der Waals surface area contributed by atoms with Crippen molar-refractivity contribution in [2.75, 3.05) is 26.2 Å². The number of hydrogen-bond acceptors (Lipinski definition) is 4. The van der Waals surface area contributed by atoms with Crippen molar-refractivity contribution >= 4 is 10.0 Å². The average molecular weight is 313 g/mol. The first kappa shape index (κ1) is 15.0. The molecule has 1 aliphatic carbocycles. The minimum absolute atomic E-state index is 0.140. The van der Waals surface area contributed by atoms with Crippen molar-refractivity contribution in [2.45, 2.75) is 43.9 Å². The summed E-state index contributed by atoms with van der Waals surface area (Å²) in [6, 6.07) is 2.28. The van der Waals surface area contributed by atoms with Gasteiger partial charge in [0.05, 0.1) is 6.61 Å². The average Bonchev–Trinajstić information content (AvgIpc) is 3.26. The Morgan fingerprint density at radius 3 is 2.38 bits per heavy atom. The predicted molar refractivity (Wildman–Crippen MR) is 79.4 cm³/mol. The monoisotopic (exact) mass is 313 g/mol. The highest BCUT2D eigenvalue weighted by Crippen LogP contribution is 2.28. The number of nitrogens with zero attached hydrogens (tertiary/aromatic N) is 3. The molecule has 1 aromatic heterocycles. The Morgan fingerprint density at radius 1 is 1.24 bits per heavy atom. The standard InChI is InChI=1S/C14H23N3O3S/c1-2-15-10-14(9-13(15)11-18)21(19,20)17-7-5-16(6-8-17)12-3-4-12/h9-10,12,18H,2-8,11H2,1H3. The van der Waals surface area contributed by atoms with E-state index in [2.05, 4.69) is 4.90 Å². The van der Waals surface area contributed by atoms with Gasteiger partial charge in [-0.1, -0.05) is 0 Å². The van der Waals surface area contributed by atoms with E-state index in [1.54, 1.807) is 21.1 Å². The van der Waals surface area contributed by atoms with Gasteiger partial charge in [-0.2, -0.15) is 4.31 Å². The molecule has 0 radical (unpaired) electrons. The summed E-state index contributed by atoms with van der Waals surface area (Å²) >= 11 is 0. The maximum atomic E-state index is 12.7. The SMILES string of the molecule is CCn1cc(S(=O)(=O)N2CCN(C3CC3)CC2)cc1CO. The van der Waals surface area contributed by atoms with E-state index in [0.717, 1.165) is 13.1 Å². The Labute approximate surface area is 126 Å². The summed E-state index contributed by atoms with van der Waals surface area (Å²) in [7, 11) is -3.44. The molecule has 1 saturated carbocycles. The van der Waals surface area contributed by atoms with Gasteiger partial charge >= 0.3 is 0 Å². The molecule has 1 aliphatic heterocycles. The quantitative estimate of drug-likeness (QED) is 0.858. The first-order valence-corrected chi connectivity index (χ1v) is 9.04. The molecule has 1 N–H and O–H groups in total. The van der Waals surface area contributed by atoms with Crippen LogP contribution in [0, 0.1) is 0 Å². The van der Waals surface area contributed by atoms with Gasteiger partial charge in [0, 0.05) is 50.7 Å². The zero-order valence-electron chi connectivity index (χ0n) is 12.4. The third-order valence-corrected chi connectivity index (χ3v) is 6.30. The van der Waals surface area contributed by atoms with E-state index >= 15 is 0 Å². The molecule has 2 heterocycles. The highest BCUT2D eigenvalue weighted by molar-refractivity contribution is 7.89. The summed E-state index contributed by atoms with van der Waals surface area (Å²) in [5.74, 6) is 0. The van der Waals surface area contributed by atoms with Gasteiger partial charge in [0.25, 0.3) is 0 Å². The molecule has 21 heavy (non-hydrogen) atoms. The van der Waals surface area contributed by atoms with Crippen molar-refractivity contribution in [3.8, 4) is 0 Å². The van der Waals surface area contributed by atoms with Crippen LogP contribution in [-0.2, 0) is 23.2 Å². The zero-order valence-corrected chi connectivity index (χ0v) is 13.2. The second kappa shape index (κ2) is 5.72. The van der Waals surface area contributed by atoms with Crippen LogP contribution < -0.4 is 0 Å². The van der Waals surface area contributed by atoms with Crippen molar-refractivity contribution in [2.24, 2.45) is 0 Å². The minimum atomic E-state index is -3.44. The highest BCUT2D eigenvalue weighted by Gasteiger charge is 2.35. The molecular weight excluding hydrogens is 290 g/mol. The smallest absolute Gasteiger partial charge is 0.244 e. The number of piperazine rings is 1. The molecule has 2 fully saturated rings. The second-order valence-electron chi connectivity index (χ2n) is 5.78. The number of aliphatic hydroxyl groups is 1. The van der Waals surface area contributed by atoms with Crippen molar-refractivity contribution in [3.05, 3.63) is 18.0 Å². The lowest BCUT2D eigenvalue weighted by atomic mass is 10.3. The van der Waals surface area contributed by atoms with Crippen LogP contribution in [0.15, 0.2) is 17.2 Å². The van der Waals surface area contributed by atoms with Crippen LogP contribution in [-0.4, -0.2) is 59.5 Å². The molecule has 7 heteroatoms. The van der Waals surface area contributed by atoms with Crippen molar-refractivity contribution in [1.82, 2.24) is 13.8 Å². The molecule has 0 aromatic carbocycles. The maximum absolute atomic E-state index is 12.7. The molecule has 2 aliphatic rings. The molecule has 1 aromatic rings. The Morgan fingerprint density at radius 2 is 1.90 bits per heavy atom. The van der Waals surface area contributed by atoms with Gasteiger partial charge < -0.3 is 9.67 Å².